The molecule has 1 aliphatic rings. The summed E-state index contributed by atoms with van der Waals surface area (Å²) in [5.74, 6) is -0.647. The number of anilines is 1. The molecule has 3 rings (SSSR count). The van der Waals surface area contributed by atoms with Crippen LogP contribution in [-0.4, -0.2) is 30.3 Å². The standard InChI is InChI=1S/C20H21F3N2O2/c21-20(22,23)27-18-10-8-17(9-11-18)24-19(26)16-6-4-15(5-7-16)14-25-12-2-1-3-13-25/h4-11H,1-3,12-14H2,(H,24,26). The van der Waals surface area contributed by atoms with Crippen LogP contribution in [0.1, 0.15) is 35.2 Å². The zero-order valence-corrected chi connectivity index (χ0v) is 14.8. The van der Waals surface area contributed by atoms with E-state index in [-0.39, 0.29) is 11.7 Å². The average molecular weight is 378 g/mol. The quantitative estimate of drug-likeness (QED) is 0.811. The fourth-order valence-electron chi connectivity index (χ4n) is 3.08. The maximum atomic E-state index is 12.3. The third kappa shape index (κ3) is 5.99. The summed E-state index contributed by atoms with van der Waals surface area (Å²) in [4.78, 5) is 14.7. The highest BCUT2D eigenvalue weighted by Gasteiger charge is 2.30. The highest BCUT2D eigenvalue weighted by molar-refractivity contribution is 6.04. The van der Waals surface area contributed by atoms with Crippen molar-refractivity contribution < 1.29 is 22.7 Å². The molecule has 0 aromatic heterocycles. The Morgan fingerprint density at radius 2 is 1.59 bits per heavy atom. The highest BCUT2D eigenvalue weighted by Crippen LogP contribution is 2.24. The number of benzene rings is 2. The summed E-state index contributed by atoms with van der Waals surface area (Å²) in [7, 11) is 0. The number of carbonyl (C=O) groups excluding carboxylic acids is 1. The van der Waals surface area contributed by atoms with Crippen molar-refractivity contribution >= 4 is 11.6 Å². The summed E-state index contributed by atoms with van der Waals surface area (Å²) in [6, 6.07) is 12.4. The van der Waals surface area contributed by atoms with Crippen LogP contribution in [0.2, 0.25) is 0 Å². The van der Waals surface area contributed by atoms with E-state index in [2.05, 4.69) is 15.0 Å². The summed E-state index contributed by atoms with van der Waals surface area (Å²) in [6.07, 6.45) is -0.986. The lowest BCUT2D eigenvalue weighted by Gasteiger charge is -2.26. The molecule has 7 heteroatoms. The number of likely N-dealkylation sites (tertiary alicyclic amines) is 1. The lowest BCUT2D eigenvalue weighted by atomic mass is 10.1. The van der Waals surface area contributed by atoms with Gasteiger partial charge in [0, 0.05) is 17.8 Å². The summed E-state index contributed by atoms with van der Waals surface area (Å²) in [5.41, 5.74) is 2.04. The molecule has 2 aromatic carbocycles. The molecule has 1 aliphatic heterocycles. The van der Waals surface area contributed by atoms with Crippen LogP contribution in [0.25, 0.3) is 0 Å². The molecular formula is C20H21F3N2O2. The van der Waals surface area contributed by atoms with E-state index >= 15 is 0 Å². The van der Waals surface area contributed by atoms with Crippen LogP contribution in [-0.2, 0) is 6.54 Å². The number of hydrogen-bond donors (Lipinski definition) is 1. The van der Waals surface area contributed by atoms with Gasteiger partial charge in [-0.05, 0) is 67.9 Å². The van der Waals surface area contributed by atoms with Crippen molar-refractivity contribution in [2.75, 3.05) is 18.4 Å². The van der Waals surface area contributed by atoms with Crippen molar-refractivity contribution in [3.63, 3.8) is 0 Å². The van der Waals surface area contributed by atoms with Crippen LogP contribution in [0.15, 0.2) is 48.5 Å². The van der Waals surface area contributed by atoms with E-state index in [9.17, 15) is 18.0 Å². The predicted octanol–water partition coefficient (Wildman–Crippen LogP) is 4.82. The molecule has 1 amide bonds. The molecule has 1 saturated heterocycles. The third-order valence-electron chi connectivity index (χ3n) is 4.42. The number of alkyl halides is 3. The molecule has 2 aromatic rings. The molecule has 1 heterocycles. The topological polar surface area (TPSA) is 41.6 Å². The number of halogens is 3. The van der Waals surface area contributed by atoms with E-state index in [1.807, 2.05) is 12.1 Å². The van der Waals surface area contributed by atoms with Gasteiger partial charge in [-0.2, -0.15) is 0 Å². The molecular weight excluding hydrogens is 357 g/mol. The monoisotopic (exact) mass is 378 g/mol. The van der Waals surface area contributed by atoms with Gasteiger partial charge in [-0.1, -0.05) is 18.6 Å². The van der Waals surface area contributed by atoms with Gasteiger partial charge in [0.05, 0.1) is 0 Å². The molecule has 0 radical (unpaired) electrons. The normalized spacial score (nSPS) is 15.4. The fraction of sp³-hybridized carbons (Fsp3) is 0.350. The Morgan fingerprint density at radius 1 is 0.963 bits per heavy atom. The van der Waals surface area contributed by atoms with Crippen molar-refractivity contribution in [1.29, 1.82) is 0 Å². The number of amides is 1. The number of carbonyl (C=O) groups is 1. The van der Waals surface area contributed by atoms with E-state index in [4.69, 9.17) is 0 Å². The van der Waals surface area contributed by atoms with Crippen LogP contribution < -0.4 is 10.1 Å². The van der Waals surface area contributed by atoms with E-state index < -0.39 is 6.36 Å². The number of rotatable bonds is 5. The summed E-state index contributed by atoms with van der Waals surface area (Å²) >= 11 is 0. The van der Waals surface area contributed by atoms with Crippen molar-refractivity contribution in [3.8, 4) is 5.75 Å². The minimum Gasteiger partial charge on any atom is -0.406 e. The van der Waals surface area contributed by atoms with Gasteiger partial charge in [0.25, 0.3) is 5.91 Å². The van der Waals surface area contributed by atoms with Crippen LogP contribution in [0.5, 0.6) is 5.75 Å². The number of piperidine rings is 1. The van der Waals surface area contributed by atoms with Gasteiger partial charge in [-0.15, -0.1) is 13.2 Å². The van der Waals surface area contributed by atoms with Crippen LogP contribution in [0.4, 0.5) is 18.9 Å². The zero-order valence-electron chi connectivity index (χ0n) is 14.8. The van der Waals surface area contributed by atoms with Crippen LogP contribution in [0.3, 0.4) is 0 Å². The molecule has 0 atom stereocenters. The smallest absolute Gasteiger partial charge is 0.406 e. The van der Waals surface area contributed by atoms with Crippen LogP contribution >= 0.6 is 0 Å². The summed E-state index contributed by atoms with van der Waals surface area (Å²) < 4.78 is 40.3. The number of nitrogens with one attached hydrogen (secondary N) is 1. The Hall–Kier alpha value is -2.54. The molecule has 0 aliphatic carbocycles. The van der Waals surface area contributed by atoms with Crippen molar-refractivity contribution in [3.05, 3.63) is 59.7 Å². The Kier molecular flexibility index (Phi) is 6.01. The molecule has 0 saturated carbocycles. The second kappa shape index (κ2) is 8.43. The first-order chi connectivity index (χ1) is 12.9. The Labute approximate surface area is 155 Å². The van der Waals surface area contributed by atoms with Gasteiger partial charge in [0.1, 0.15) is 5.75 Å². The minimum absolute atomic E-state index is 0.316. The van der Waals surface area contributed by atoms with Gasteiger partial charge in [0.2, 0.25) is 0 Å². The Bertz CT molecular complexity index is 752. The molecule has 144 valence electrons. The van der Waals surface area contributed by atoms with E-state index in [1.165, 1.54) is 31.4 Å². The van der Waals surface area contributed by atoms with E-state index in [1.54, 1.807) is 12.1 Å². The first kappa shape index (κ1) is 19.2. The molecule has 1 N–H and O–H groups in total. The van der Waals surface area contributed by atoms with Gasteiger partial charge < -0.3 is 10.1 Å². The number of hydrogen-bond acceptors (Lipinski definition) is 3. The fourth-order valence-corrected chi connectivity index (χ4v) is 3.08. The van der Waals surface area contributed by atoms with Crippen molar-refractivity contribution in [2.45, 2.75) is 32.2 Å². The first-order valence-electron chi connectivity index (χ1n) is 8.87. The number of nitrogens with zero attached hydrogens (tertiary/aromatic N) is 1. The molecule has 27 heavy (non-hydrogen) atoms. The predicted molar refractivity (Wildman–Crippen MR) is 96.6 cm³/mol. The molecule has 4 nitrogen and oxygen atoms in total. The molecule has 0 unspecified atom stereocenters. The Balaban J connectivity index is 1.56. The Morgan fingerprint density at radius 3 is 2.19 bits per heavy atom. The average Bonchev–Trinajstić information content (AvgIpc) is 2.63. The van der Waals surface area contributed by atoms with Gasteiger partial charge in [0.15, 0.2) is 0 Å². The third-order valence-corrected chi connectivity index (χ3v) is 4.42. The first-order valence-corrected chi connectivity index (χ1v) is 8.87. The zero-order chi connectivity index (χ0) is 19.3. The molecule has 0 spiro atoms. The van der Waals surface area contributed by atoms with Crippen molar-refractivity contribution in [2.24, 2.45) is 0 Å². The van der Waals surface area contributed by atoms with Crippen LogP contribution in [0, 0.1) is 0 Å². The van der Waals surface area contributed by atoms with Crippen molar-refractivity contribution in [1.82, 2.24) is 4.90 Å². The summed E-state index contributed by atoms with van der Waals surface area (Å²) in [6.45, 7) is 3.09. The summed E-state index contributed by atoms with van der Waals surface area (Å²) in [5, 5.41) is 2.66. The second-order valence-electron chi connectivity index (χ2n) is 6.56. The van der Waals surface area contributed by atoms with Gasteiger partial charge in [-0.3, -0.25) is 9.69 Å². The lowest BCUT2D eigenvalue weighted by molar-refractivity contribution is -0.274. The minimum atomic E-state index is -4.74. The molecule has 0 bridgehead atoms. The SMILES string of the molecule is O=C(Nc1ccc(OC(F)(F)F)cc1)c1ccc(CN2CCCCC2)cc1. The number of ether oxygens (including phenoxy) is 1. The second-order valence-corrected chi connectivity index (χ2v) is 6.56. The van der Waals surface area contributed by atoms with Gasteiger partial charge in [-0.25, -0.2) is 0 Å². The largest absolute Gasteiger partial charge is 0.573 e. The molecule has 1 fully saturated rings. The van der Waals surface area contributed by atoms with E-state index in [0.717, 1.165) is 37.3 Å². The maximum Gasteiger partial charge on any atom is 0.573 e. The lowest BCUT2D eigenvalue weighted by Crippen LogP contribution is -2.29. The highest BCUT2D eigenvalue weighted by atomic mass is 19.4. The maximum absolute atomic E-state index is 12.3. The van der Waals surface area contributed by atoms with Gasteiger partial charge >= 0.3 is 6.36 Å². The van der Waals surface area contributed by atoms with E-state index in [0.29, 0.717) is 11.3 Å².